The van der Waals surface area contributed by atoms with E-state index >= 15 is 0 Å². The van der Waals surface area contributed by atoms with E-state index in [0.717, 1.165) is 4.70 Å². The molecule has 0 aliphatic heterocycles. The van der Waals surface area contributed by atoms with Gasteiger partial charge in [0, 0.05) is 16.2 Å². The summed E-state index contributed by atoms with van der Waals surface area (Å²) < 4.78 is 33.2. The molecule has 3 aromatic rings. The van der Waals surface area contributed by atoms with Crippen molar-refractivity contribution in [3.05, 3.63) is 47.2 Å². The van der Waals surface area contributed by atoms with Crippen molar-refractivity contribution in [2.75, 3.05) is 0 Å². The second-order valence-electron chi connectivity index (χ2n) is 4.31. The lowest BCUT2D eigenvalue weighted by atomic mass is 10.2. The molecular weight excluding hydrogens is 312 g/mol. The lowest BCUT2D eigenvalue weighted by molar-refractivity contribution is 0.283. The van der Waals surface area contributed by atoms with Crippen LogP contribution in [0.4, 0.5) is 0 Å². The highest BCUT2D eigenvalue weighted by molar-refractivity contribution is 7.90. The quantitative estimate of drug-likeness (QED) is 0.747. The lowest BCUT2D eigenvalue weighted by Gasteiger charge is -2.06. The van der Waals surface area contributed by atoms with Crippen LogP contribution in [0.2, 0.25) is 0 Å². The van der Waals surface area contributed by atoms with Crippen molar-refractivity contribution in [3.63, 3.8) is 0 Å². The van der Waals surface area contributed by atoms with Crippen LogP contribution in [0, 0.1) is 0 Å². The molecule has 2 N–H and O–H groups in total. The fraction of sp³-hybridized carbons (Fsp3) is 0.154. The second-order valence-corrected chi connectivity index (χ2v) is 7.15. The molecule has 3 rings (SSSR count). The molecule has 8 heteroatoms. The van der Waals surface area contributed by atoms with E-state index in [1.807, 2.05) is 12.1 Å². The monoisotopic (exact) mass is 324 g/mol. The fourth-order valence-corrected chi connectivity index (χ4v) is 4.83. The summed E-state index contributed by atoms with van der Waals surface area (Å²) in [5, 5.41) is 13.6. The average molecular weight is 324 g/mol. The zero-order valence-electron chi connectivity index (χ0n) is 10.8. The third-order valence-electron chi connectivity index (χ3n) is 2.96. The van der Waals surface area contributed by atoms with Gasteiger partial charge in [-0.1, -0.05) is 23.4 Å². The van der Waals surface area contributed by atoms with Gasteiger partial charge in [0.15, 0.2) is 5.76 Å². The van der Waals surface area contributed by atoms with Gasteiger partial charge in [-0.25, -0.2) is 13.1 Å². The molecule has 0 spiro atoms. The van der Waals surface area contributed by atoms with Crippen molar-refractivity contribution >= 4 is 31.4 Å². The number of thiophene rings is 1. The van der Waals surface area contributed by atoms with Crippen molar-refractivity contribution in [1.29, 1.82) is 0 Å². The Morgan fingerprint density at radius 2 is 2.10 bits per heavy atom. The number of nitrogens with zero attached hydrogens (tertiary/aromatic N) is 1. The van der Waals surface area contributed by atoms with Gasteiger partial charge < -0.3 is 9.63 Å². The van der Waals surface area contributed by atoms with Gasteiger partial charge in [-0.3, -0.25) is 0 Å². The van der Waals surface area contributed by atoms with E-state index in [4.69, 9.17) is 4.52 Å². The summed E-state index contributed by atoms with van der Waals surface area (Å²) in [6, 6.07) is 8.74. The molecule has 6 nitrogen and oxygen atoms in total. The number of hydrogen-bond donors (Lipinski definition) is 2. The molecule has 0 aliphatic carbocycles. The lowest BCUT2D eigenvalue weighted by Crippen LogP contribution is -2.23. The van der Waals surface area contributed by atoms with Gasteiger partial charge in [0.1, 0.15) is 4.90 Å². The Morgan fingerprint density at radius 3 is 2.81 bits per heavy atom. The first-order valence-corrected chi connectivity index (χ1v) is 8.42. The van der Waals surface area contributed by atoms with Crippen LogP contribution in [-0.4, -0.2) is 18.7 Å². The van der Waals surface area contributed by atoms with Crippen LogP contribution in [0.25, 0.3) is 10.1 Å². The first-order valence-electron chi connectivity index (χ1n) is 6.12. The fourth-order valence-electron chi connectivity index (χ4n) is 2.04. The summed E-state index contributed by atoms with van der Waals surface area (Å²) in [7, 11) is -3.75. The molecule has 110 valence electrons. The topological polar surface area (TPSA) is 92.4 Å². The largest absolute Gasteiger partial charge is 0.391 e. The SMILES string of the molecule is O=S(=O)(NCc1ccno1)c1c(CO)sc2ccccc12. The zero-order valence-corrected chi connectivity index (χ0v) is 12.4. The van der Waals surface area contributed by atoms with Gasteiger partial charge in [0.25, 0.3) is 0 Å². The van der Waals surface area contributed by atoms with E-state index < -0.39 is 10.0 Å². The highest BCUT2D eigenvalue weighted by Gasteiger charge is 2.24. The van der Waals surface area contributed by atoms with E-state index in [1.165, 1.54) is 17.5 Å². The minimum atomic E-state index is -3.75. The van der Waals surface area contributed by atoms with Gasteiger partial charge in [-0.2, -0.15) is 0 Å². The maximum Gasteiger partial charge on any atom is 0.242 e. The smallest absolute Gasteiger partial charge is 0.242 e. The van der Waals surface area contributed by atoms with E-state index in [0.29, 0.717) is 16.0 Å². The first kappa shape index (κ1) is 14.2. The van der Waals surface area contributed by atoms with Crippen molar-refractivity contribution in [2.24, 2.45) is 0 Å². The molecule has 21 heavy (non-hydrogen) atoms. The van der Waals surface area contributed by atoms with Crippen molar-refractivity contribution < 1.29 is 18.0 Å². The van der Waals surface area contributed by atoms with Crippen LogP contribution in [0.3, 0.4) is 0 Å². The molecule has 0 unspecified atom stereocenters. The van der Waals surface area contributed by atoms with E-state index in [2.05, 4.69) is 9.88 Å². The minimum Gasteiger partial charge on any atom is -0.391 e. The Bertz CT molecular complexity index is 854. The molecule has 0 radical (unpaired) electrons. The molecule has 0 saturated carbocycles. The molecule has 2 heterocycles. The standard InChI is InChI=1S/C13H12N2O4S2/c16-8-12-13(10-3-1-2-4-11(10)20-12)21(17,18)15-7-9-5-6-14-19-9/h1-6,15-16H,7-8H2. The average Bonchev–Trinajstić information content (AvgIpc) is 3.12. The predicted octanol–water partition coefficient (Wildman–Crippen LogP) is 1.86. The van der Waals surface area contributed by atoms with Crippen LogP contribution in [0.15, 0.2) is 45.9 Å². The number of aliphatic hydroxyl groups is 1. The molecule has 1 aromatic carbocycles. The van der Waals surface area contributed by atoms with Crippen LogP contribution in [-0.2, 0) is 23.2 Å². The summed E-state index contributed by atoms with van der Waals surface area (Å²) in [6.45, 7) is -0.310. The van der Waals surface area contributed by atoms with Crippen LogP contribution >= 0.6 is 11.3 Å². The van der Waals surface area contributed by atoms with Crippen LogP contribution in [0.5, 0.6) is 0 Å². The number of hydrogen-bond acceptors (Lipinski definition) is 6. The third kappa shape index (κ3) is 2.70. The number of aliphatic hydroxyl groups excluding tert-OH is 1. The van der Waals surface area contributed by atoms with Crippen molar-refractivity contribution in [3.8, 4) is 0 Å². The van der Waals surface area contributed by atoms with Gasteiger partial charge in [0.05, 0.1) is 24.2 Å². The number of benzene rings is 1. The van der Waals surface area contributed by atoms with Crippen molar-refractivity contribution in [1.82, 2.24) is 9.88 Å². The number of rotatable bonds is 5. The maximum atomic E-state index is 12.5. The zero-order chi connectivity index (χ0) is 14.9. The van der Waals surface area contributed by atoms with Gasteiger partial charge in [-0.15, -0.1) is 11.3 Å². The number of aromatic nitrogens is 1. The van der Waals surface area contributed by atoms with Crippen LogP contribution < -0.4 is 4.72 Å². The molecular formula is C13H12N2O4S2. The third-order valence-corrected chi connectivity index (χ3v) is 5.77. The normalized spacial score (nSPS) is 12.0. The predicted molar refractivity (Wildman–Crippen MR) is 78.3 cm³/mol. The molecule has 0 aliphatic rings. The Balaban J connectivity index is 2.01. The number of fused-ring (bicyclic) bond motifs is 1. The molecule has 0 bridgehead atoms. The molecule has 0 atom stereocenters. The van der Waals surface area contributed by atoms with E-state index in [-0.39, 0.29) is 18.0 Å². The Kier molecular flexibility index (Phi) is 3.77. The molecule has 0 saturated heterocycles. The molecule has 0 fully saturated rings. The van der Waals surface area contributed by atoms with Gasteiger partial charge in [0.2, 0.25) is 10.0 Å². The van der Waals surface area contributed by atoms with E-state index in [9.17, 15) is 13.5 Å². The van der Waals surface area contributed by atoms with E-state index in [1.54, 1.807) is 18.2 Å². The second kappa shape index (κ2) is 5.57. The summed E-state index contributed by atoms with van der Waals surface area (Å²) >= 11 is 1.27. The number of nitrogens with one attached hydrogen (secondary N) is 1. The number of sulfonamides is 1. The summed E-state index contributed by atoms with van der Waals surface area (Å²) in [6.07, 6.45) is 1.45. The molecule has 2 aromatic heterocycles. The summed E-state index contributed by atoms with van der Waals surface area (Å²) in [5.74, 6) is 0.420. The Hall–Kier alpha value is -1.74. The highest BCUT2D eigenvalue weighted by atomic mass is 32.2. The minimum absolute atomic E-state index is 0.0113. The van der Waals surface area contributed by atoms with Crippen molar-refractivity contribution in [2.45, 2.75) is 18.0 Å². The van der Waals surface area contributed by atoms with Crippen LogP contribution in [0.1, 0.15) is 10.6 Å². The Morgan fingerprint density at radius 1 is 1.29 bits per heavy atom. The Labute approximate surface area is 125 Å². The summed E-state index contributed by atoms with van der Waals surface area (Å²) in [5.41, 5.74) is 0. The van der Waals surface area contributed by atoms with Gasteiger partial charge in [-0.05, 0) is 6.07 Å². The first-order chi connectivity index (χ1) is 10.1. The highest BCUT2D eigenvalue weighted by Crippen LogP contribution is 2.34. The molecule has 0 amide bonds. The summed E-state index contributed by atoms with van der Waals surface area (Å²) in [4.78, 5) is 0.548. The van der Waals surface area contributed by atoms with Gasteiger partial charge >= 0.3 is 0 Å². The maximum absolute atomic E-state index is 12.5.